The molecule has 0 saturated heterocycles. The number of carbonyl (C=O) groups excluding carboxylic acids is 1. The number of anilines is 2. The zero-order valence-corrected chi connectivity index (χ0v) is 15.0. The maximum Gasteiger partial charge on any atom is 0.245 e. The van der Waals surface area contributed by atoms with Crippen LogP contribution in [0.3, 0.4) is 0 Å². The van der Waals surface area contributed by atoms with Crippen molar-refractivity contribution in [1.29, 1.82) is 0 Å². The standard InChI is InChI=1S/C20H26N4O2/c25-14-15-11-16-5-1-4-8-18(16)23(12-15)13-20(26)22-19-9-10-21-24(19)17-6-2-3-7-17/h1,4-5,8-10,15,17,25H,2-3,6-7,11-14H2,(H,22,26). The SMILES string of the molecule is O=C(CN1CC(CO)Cc2ccccc21)Nc1ccnn1C1CCCC1. The van der Waals surface area contributed by atoms with Crippen molar-refractivity contribution in [1.82, 2.24) is 9.78 Å². The van der Waals surface area contributed by atoms with Gasteiger partial charge < -0.3 is 15.3 Å². The maximum absolute atomic E-state index is 12.7. The van der Waals surface area contributed by atoms with Crippen molar-refractivity contribution in [3.63, 3.8) is 0 Å². The summed E-state index contributed by atoms with van der Waals surface area (Å²) in [6, 6.07) is 10.4. The highest BCUT2D eigenvalue weighted by Crippen LogP contribution is 2.32. The van der Waals surface area contributed by atoms with Crippen LogP contribution >= 0.6 is 0 Å². The van der Waals surface area contributed by atoms with Gasteiger partial charge in [-0.25, -0.2) is 4.68 Å². The number of rotatable bonds is 5. The number of hydrogen-bond acceptors (Lipinski definition) is 4. The number of benzene rings is 1. The van der Waals surface area contributed by atoms with Crippen molar-refractivity contribution in [3.8, 4) is 0 Å². The molecular weight excluding hydrogens is 328 g/mol. The minimum Gasteiger partial charge on any atom is -0.396 e. The number of amides is 1. The van der Waals surface area contributed by atoms with Crippen molar-refractivity contribution in [2.24, 2.45) is 5.92 Å². The molecule has 6 nitrogen and oxygen atoms in total. The van der Waals surface area contributed by atoms with E-state index < -0.39 is 0 Å². The van der Waals surface area contributed by atoms with Crippen LogP contribution in [0.25, 0.3) is 0 Å². The lowest BCUT2D eigenvalue weighted by Gasteiger charge is -2.35. The van der Waals surface area contributed by atoms with Gasteiger partial charge in [-0.05, 0) is 30.9 Å². The molecule has 1 fully saturated rings. The monoisotopic (exact) mass is 354 g/mol. The molecule has 2 heterocycles. The number of aliphatic hydroxyl groups excluding tert-OH is 1. The summed E-state index contributed by atoms with van der Waals surface area (Å²) in [4.78, 5) is 14.8. The first-order valence-corrected chi connectivity index (χ1v) is 9.51. The van der Waals surface area contributed by atoms with Crippen LogP contribution in [-0.2, 0) is 11.2 Å². The lowest BCUT2D eigenvalue weighted by molar-refractivity contribution is -0.115. The zero-order chi connectivity index (χ0) is 17.9. The summed E-state index contributed by atoms with van der Waals surface area (Å²) in [5.41, 5.74) is 2.29. The normalized spacial score (nSPS) is 20.2. The summed E-state index contributed by atoms with van der Waals surface area (Å²) in [6.07, 6.45) is 7.33. The van der Waals surface area contributed by atoms with Crippen LogP contribution in [0.15, 0.2) is 36.5 Å². The Labute approximate surface area is 153 Å². The van der Waals surface area contributed by atoms with Crippen LogP contribution in [-0.4, -0.2) is 40.5 Å². The second kappa shape index (κ2) is 7.50. The quantitative estimate of drug-likeness (QED) is 0.866. The zero-order valence-electron chi connectivity index (χ0n) is 15.0. The number of carbonyl (C=O) groups is 1. The minimum absolute atomic E-state index is 0.0434. The van der Waals surface area contributed by atoms with Crippen LogP contribution in [0, 0.1) is 5.92 Å². The molecule has 0 bridgehead atoms. The third kappa shape index (κ3) is 3.46. The van der Waals surface area contributed by atoms with Crippen molar-refractivity contribution in [2.75, 3.05) is 29.9 Å². The van der Waals surface area contributed by atoms with Gasteiger partial charge in [0.2, 0.25) is 5.91 Å². The molecule has 1 aliphatic heterocycles. The van der Waals surface area contributed by atoms with Gasteiger partial charge in [0.05, 0.1) is 18.8 Å². The molecule has 1 aromatic heterocycles. The second-order valence-electron chi connectivity index (χ2n) is 7.41. The summed E-state index contributed by atoms with van der Waals surface area (Å²) in [5, 5.41) is 17.0. The highest BCUT2D eigenvalue weighted by molar-refractivity contribution is 5.93. The first-order valence-electron chi connectivity index (χ1n) is 9.51. The average molecular weight is 354 g/mol. The van der Waals surface area contributed by atoms with Gasteiger partial charge >= 0.3 is 0 Å². The van der Waals surface area contributed by atoms with Crippen LogP contribution in [0.5, 0.6) is 0 Å². The molecule has 1 unspecified atom stereocenters. The number of fused-ring (bicyclic) bond motifs is 1. The predicted octanol–water partition coefficient (Wildman–Crippen LogP) is 2.61. The summed E-state index contributed by atoms with van der Waals surface area (Å²) < 4.78 is 1.96. The van der Waals surface area contributed by atoms with Crippen LogP contribution in [0.4, 0.5) is 11.5 Å². The van der Waals surface area contributed by atoms with Gasteiger partial charge in [-0.15, -0.1) is 0 Å². The molecule has 0 spiro atoms. The topological polar surface area (TPSA) is 70.4 Å². The fourth-order valence-electron chi connectivity index (χ4n) is 4.26. The van der Waals surface area contributed by atoms with Gasteiger partial charge in [0, 0.05) is 30.8 Å². The first-order chi connectivity index (χ1) is 12.7. The Morgan fingerprint density at radius 1 is 1.23 bits per heavy atom. The Hall–Kier alpha value is -2.34. The fourth-order valence-corrected chi connectivity index (χ4v) is 4.26. The van der Waals surface area contributed by atoms with Crippen molar-refractivity contribution >= 4 is 17.4 Å². The predicted molar refractivity (Wildman–Crippen MR) is 101 cm³/mol. The third-order valence-electron chi connectivity index (χ3n) is 5.52. The van der Waals surface area contributed by atoms with E-state index in [0.717, 1.165) is 30.8 Å². The molecule has 2 N–H and O–H groups in total. The van der Waals surface area contributed by atoms with E-state index in [1.807, 2.05) is 22.9 Å². The van der Waals surface area contributed by atoms with Gasteiger partial charge in [0.25, 0.3) is 0 Å². The van der Waals surface area contributed by atoms with E-state index in [1.165, 1.54) is 18.4 Å². The van der Waals surface area contributed by atoms with Crippen LogP contribution < -0.4 is 10.2 Å². The number of nitrogens with zero attached hydrogens (tertiary/aromatic N) is 3. The molecule has 1 aliphatic carbocycles. The summed E-state index contributed by atoms with van der Waals surface area (Å²) in [7, 11) is 0. The highest BCUT2D eigenvalue weighted by Gasteiger charge is 2.26. The maximum atomic E-state index is 12.7. The molecule has 1 saturated carbocycles. The summed E-state index contributed by atoms with van der Waals surface area (Å²) in [5.74, 6) is 0.908. The number of nitrogens with one attached hydrogen (secondary N) is 1. The number of aromatic nitrogens is 2. The van der Waals surface area contributed by atoms with E-state index >= 15 is 0 Å². The Morgan fingerprint density at radius 2 is 2.04 bits per heavy atom. The van der Waals surface area contributed by atoms with Crippen molar-refractivity contribution in [2.45, 2.75) is 38.1 Å². The van der Waals surface area contributed by atoms with E-state index in [0.29, 0.717) is 12.6 Å². The Balaban J connectivity index is 1.46. The van der Waals surface area contributed by atoms with Gasteiger partial charge in [0.1, 0.15) is 5.82 Å². The number of para-hydroxylation sites is 1. The van der Waals surface area contributed by atoms with Crippen LogP contribution in [0.1, 0.15) is 37.3 Å². The summed E-state index contributed by atoms with van der Waals surface area (Å²) in [6.45, 7) is 1.12. The van der Waals surface area contributed by atoms with Crippen molar-refractivity contribution in [3.05, 3.63) is 42.1 Å². The van der Waals surface area contributed by atoms with E-state index in [-0.39, 0.29) is 25.0 Å². The molecule has 1 aromatic carbocycles. The largest absolute Gasteiger partial charge is 0.396 e. The van der Waals surface area contributed by atoms with E-state index in [4.69, 9.17) is 0 Å². The molecule has 1 amide bonds. The Bertz CT molecular complexity index is 767. The van der Waals surface area contributed by atoms with E-state index in [2.05, 4.69) is 27.4 Å². The number of aliphatic hydroxyl groups is 1. The Kier molecular flexibility index (Phi) is 4.93. The fraction of sp³-hybridized carbons (Fsp3) is 0.500. The van der Waals surface area contributed by atoms with Gasteiger partial charge in [-0.1, -0.05) is 31.0 Å². The lowest BCUT2D eigenvalue weighted by atomic mass is 9.93. The van der Waals surface area contributed by atoms with Crippen LogP contribution in [0.2, 0.25) is 0 Å². The third-order valence-corrected chi connectivity index (χ3v) is 5.52. The lowest BCUT2D eigenvalue weighted by Crippen LogP contribution is -2.41. The molecule has 26 heavy (non-hydrogen) atoms. The first kappa shape index (κ1) is 17.1. The molecule has 2 aliphatic rings. The smallest absolute Gasteiger partial charge is 0.245 e. The molecule has 138 valence electrons. The highest BCUT2D eigenvalue weighted by atomic mass is 16.3. The molecule has 1 atom stereocenters. The summed E-state index contributed by atoms with van der Waals surface area (Å²) >= 11 is 0. The minimum atomic E-state index is -0.0434. The second-order valence-corrected chi connectivity index (χ2v) is 7.41. The number of hydrogen-bond donors (Lipinski definition) is 2. The van der Waals surface area contributed by atoms with Gasteiger partial charge in [0.15, 0.2) is 0 Å². The van der Waals surface area contributed by atoms with E-state index in [1.54, 1.807) is 6.20 Å². The molecular formula is C20H26N4O2. The molecule has 4 rings (SSSR count). The van der Waals surface area contributed by atoms with Crippen molar-refractivity contribution < 1.29 is 9.90 Å². The van der Waals surface area contributed by atoms with E-state index in [9.17, 15) is 9.90 Å². The Morgan fingerprint density at radius 3 is 2.85 bits per heavy atom. The molecule has 6 heteroatoms. The molecule has 2 aromatic rings. The van der Waals surface area contributed by atoms with Gasteiger partial charge in [-0.2, -0.15) is 5.10 Å². The van der Waals surface area contributed by atoms with Gasteiger partial charge in [-0.3, -0.25) is 4.79 Å². The average Bonchev–Trinajstić information content (AvgIpc) is 3.32. The molecule has 0 radical (unpaired) electrons.